The quantitative estimate of drug-likeness (QED) is 0.857. The van der Waals surface area contributed by atoms with Gasteiger partial charge in [-0.1, -0.05) is 38.3 Å². The summed E-state index contributed by atoms with van der Waals surface area (Å²) in [6.45, 7) is 7.26. The first-order valence-corrected chi connectivity index (χ1v) is 9.06. The van der Waals surface area contributed by atoms with Gasteiger partial charge in [-0.2, -0.15) is 0 Å². The van der Waals surface area contributed by atoms with E-state index in [-0.39, 0.29) is 5.25 Å². The van der Waals surface area contributed by atoms with Crippen LogP contribution in [0.2, 0.25) is 0 Å². The van der Waals surface area contributed by atoms with Crippen molar-refractivity contribution in [3.05, 3.63) is 29.3 Å². The first kappa shape index (κ1) is 15.7. The molecule has 0 aliphatic heterocycles. The highest BCUT2D eigenvalue weighted by atomic mass is 32.2. The van der Waals surface area contributed by atoms with Crippen LogP contribution < -0.4 is 5.32 Å². The van der Waals surface area contributed by atoms with Gasteiger partial charge in [-0.15, -0.1) is 0 Å². The molecule has 0 bridgehead atoms. The lowest BCUT2D eigenvalue weighted by Crippen LogP contribution is -2.41. The van der Waals surface area contributed by atoms with E-state index in [1.807, 2.05) is 0 Å². The van der Waals surface area contributed by atoms with E-state index >= 15 is 0 Å². The summed E-state index contributed by atoms with van der Waals surface area (Å²) in [5.41, 5.74) is 2.36. The van der Waals surface area contributed by atoms with Crippen LogP contribution in [0, 0.1) is 13.8 Å². The van der Waals surface area contributed by atoms with Crippen LogP contribution in [0.15, 0.2) is 23.1 Å². The Morgan fingerprint density at radius 2 is 1.95 bits per heavy atom. The number of nitrogens with one attached hydrogen (secondary N) is 1. The Hall–Kier alpha value is -0.670. The van der Waals surface area contributed by atoms with Crippen LogP contribution in [0.4, 0.5) is 0 Å². The second-order valence-electron chi connectivity index (χ2n) is 5.91. The van der Waals surface area contributed by atoms with Crippen molar-refractivity contribution in [1.29, 1.82) is 0 Å². The predicted molar refractivity (Wildman–Crippen MR) is 86.7 cm³/mol. The third kappa shape index (κ3) is 3.70. The minimum atomic E-state index is -0.897. The van der Waals surface area contributed by atoms with Crippen molar-refractivity contribution in [3.8, 4) is 0 Å². The van der Waals surface area contributed by atoms with Crippen LogP contribution in [0.25, 0.3) is 0 Å². The van der Waals surface area contributed by atoms with Gasteiger partial charge in [0.2, 0.25) is 0 Å². The monoisotopic (exact) mass is 293 g/mol. The summed E-state index contributed by atoms with van der Waals surface area (Å²) in [5, 5.41) is 3.83. The zero-order chi connectivity index (χ0) is 14.5. The van der Waals surface area contributed by atoms with Gasteiger partial charge in [0.25, 0.3) is 0 Å². The fourth-order valence-corrected chi connectivity index (χ4v) is 5.04. The second kappa shape index (κ2) is 7.37. The largest absolute Gasteiger partial charge is 0.313 e. The average molecular weight is 293 g/mol. The Kier molecular flexibility index (Phi) is 5.79. The number of aryl methyl sites for hydroxylation is 2. The van der Waals surface area contributed by atoms with Gasteiger partial charge >= 0.3 is 0 Å². The molecule has 1 aromatic rings. The van der Waals surface area contributed by atoms with Crippen LogP contribution in [0.5, 0.6) is 0 Å². The van der Waals surface area contributed by atoms with Crippen molar-refractivity contribution in [2.24, 2.45) is 0 Å². The molecule has 0 amide bonds. The van der Waals surface area contributed by atoms with Gasteiger partial charge in [-0.05, 0) is 50.4 Å². The third-order valence-electron chi connectivity index (χ3n) is 4.25. The molecule has 3 heteroatoms. The van der Waals surface area contributed by atoms with Crippen molar-refractivity contribution >= 4 is 10.8 Å². The van der Waals surface area contributed by atoms with Crippen LogP contribution in [-0.2, 0) is 10.8 Å². The molecule has 1 aromatic carbocycles. The summed E-state index contributed by atoms with van der Waals surface area (Å²) in [6, 6.07) is 6.72. The number of hydrogen-bond donors (Lipinski definition) is 1. The molecule has 1 fully saturated rings. The normalized spacial score (nSPS) is 25.1. The SMILES string of the molecule is CCNC1CCCCCC1S(=O)c1cc(C)ccc1C. The topological polar surface area (TPSA) is 29.1 Å². The lowest BCUT2D eigenvalue weighted by molar-refractivity contribution is 0.474. The molecule has 3 atom stereocenters. The average Bonchev–Trinajstić information content (AvgIpc) is 2.67. The van der Waals surface area contributed by atoms with Crippen LogP contribution in [0.1, 0.15) is 50.2 Å². The summed E-state index contributed by atoms with van der Waals surface area (Å²) in [6.07, 6.45) is 6.00. The van der Waals surface area contributed by atoms with E-state index in [2.05, 4.69) is 44.3 Å². The van der Waals surface area contributed by atoms with Crippen molar-refractivity contribution in [2.75, 3.05) is 6.54 Å². The molecule has 0 aromatic heterocycles. The fraction of sp³-hybridized carbons (Fsp3) is 0.647. The highest BCUT2D eigenvalue weighted by molar-refractivity contribution is 7.85. The molecular weight excluding hydrogens is 266 g/mol. The van der Waals surface area contributed by atoms with Crippen molar-refractivity contribution in [1.82, 2.24) is 5.32 Å². The predicted octanol–water partition coefficient (Wildman–Crippen LogP) is 3.72. The highest BCUT2D eigenvalue weighted by Crippen LogP contribution is 2.27. The number of hydrogen-bond acceptors (Lipinski definition) is 2. The van der Waals surface area contributed by atoms with Crippen molar-refractivity contribution in [2.45, 2.75) is 69.1 Å². The van der Waals surface area contributed by atoms with Crippen LogP contribution in [0.3, 0.4) is 0 Å². The van der Waals surface area contributed by atoms with Crippen LogP contribution >= 0.6 is 0 Å². The van der Waals surface area contributed by atoms with Gasteiger partial charge in [-0.3, -0.25) is 4.21 Å². The summed E-state index contributed by atoms with van der Waals surface area (Å²) >= 11 is 0. The Bertz CT molecular complexity index is 472. The highest BCUT2D eigenvalue weighted by Gasteiger charge is 2.29. The smallest absolute Gasteiger partial charge is 0.0579 e. The molecule has 1 aliphatic rings. The molecule has 0 spiro atoms. The molecule has 1 aliphatic carbocycles. The molecule has 1 N–H and O–H groups in total. The van der Waals surface area contributed by atoms with E-state index in [0.717, 1.165) is 29.8 Å². The Labute approximate surface area is 125 Å². The third-order valence-corrected chi connectivity index (χ3v) is 6.24. The molecule has 2 rings (SSSR count). The minimum absolute atomic E-state index is 0.262. The number of benzene rings is 1. The summed E-state index contributed by atoms with van der Waals surface area (Å²) in [5.74, 6) is 0. The lowest BCUT2D eigenvalue weighted by Gasteiger charge is -2.26. The summed E-state index contributed by atoms with van der Waals surface area (Å²) in [4.78, 5) is 1.04. The Morgan fingerprint density at radius 3 is 2.70 bits per heavy atom. The molecule has 2 nitrogen and oxygen atoms in total. The van der Waals surface area contributed by atoms with E-state index in [0.29, 0.717) is 6.04 Å². The zero-order valence-corrected chi connectivity index (χ0v) is 13.8. The molecule has 112 valence electrons. The van der Waals surface area contributed by atoms with Gasteiger partial charge < -0.3 is 5.32 Å². The maximum absolute atomic E-state index is 13.1. The summed E-state index contributed by atoms with van der Waals surface area (Å²) < 4.78 is 13.1. The van der Waals surface area contributed by atoms with E-state index in [9.17, 15) is 4.21 Å². The first-order chi connectivity index (χ1) is 9.63. The molecule has 0 saturated heterocycles. The van der Waals surface area contributed by atoms with E-state index in [1.165, 1.54) is 24.8 Å². The lowest BCUT2D eigenvalue weighted by atomic mass is 10.1. The van der Waals surface area contributed by atoms with Gasteiger partial charge in [-0.25, -0.2) is 0 Å². The Balaban J connectivity index is 2.26. The Morgan fingerprint density at radius 1 is 1.20 bits per heavy atom. The molecule has 0 heterocycles. The van der Waals surface area contributed by atoms with Crippen molar-refractivity contribution in [3.63, 3.8) is 0 Å². The molecule has 20 heavy (non-hydrogen) atoms. The maximum atomic E-state index is 13.1. The second-order valence-corrected chi connectivity index (χ2v) is 7.55. The van der Waals surface area contributed by atoms with Gasteiger partial charge in [0.1, 0.15) is 0 Å². The van der Waals surface area contributed by atoms with Gasteiger partial charge in [0.05, 0.1) is 16.0 Å². The molecule has 3 unspecified atom stereocenters. The zero-order valence-electron chi connectivity index (χ0n) is 12.9. The van der Waals surface area contributed by atoms with Crippen LogP contribution in [-0.4, -0.2) is 22.0 Å². The molecule has 0 radical (unpaired) electrons. The fourth-order valence-electron chi connectivity index (χ4n) is 3.11. The van der Waals surface area contributed by atoms with E-state index in [4.69, 9.17) is 0 Å². The van der Waals surface area contributed by atoms with Gasteiger partial charge in [0.15, 0.2) is 0 Å². The molecule has 1 saturated carbocycles. The van der Waals surface area contributed by atoms with E-state index < -0.39 is 10.8 Å². The first-order valence-electron chi connectivity index (χ1n) is 7.84. The molecular formula is C17H27NOS. The van der Waals surface area contributed by atoms with Crippen molar-refractivity contribution < 1.29 is 4.21 Å². The standard InChI is InChI=1S/C17H27NOS/c1-4-18-15-8-6-5-7-9-16(15)20(19)17-12-13(2)10-11-14(17)3/h10-12,15-16,18H,4-9H2,1-3H3. The van der Waals surface area contributed by atoms with E-state index in [1.54, 1.807) is 0 Å². The van der Waals surface area contributed by atoms with Gasteiger partial charge in [0, 0.05) is 10.9 Å². The maximum Gasteiger partial charge on any atom is 0.0579 e. The summed E-state index contributed by atoms with van der Waals surface area (Å²) in [7, 11) is -0.897. The number of rotatable bonds is 4. The minimum Gasteiger partial charge on any atom is -0.313 e.